The molecule has 1 aliphatic heterocycles. The Hall–Kier alpha value is -3.55. The number of likely N-dealkylation sites (N-methyl/N-ethyl adjacent to an activating group) is 1. The van der Waals surface area contributed by atoms with Crippen LogP contribution in [0.5, 0.6) is 11.5 Å². The van der Waals surface area contributed by atoms with Gasteiger partial charge in [-0.15, -0.1) is 0 Å². The minimum atomic E-state index is -0.491. The molecule has 0 aliphatic carbocycles. The van der Waals surface area contributed by atoms with Gasteiger partial charge in [-0.2, -0.15) is 0 Å². The predicted molar refractivity (Wildman–Crippen MR) is 108 cm³/mol. The van der Waals surface area contributed by atoms with Crippen LogP contribution in [0, 0.1) is 0 Å². The monoisotopic (exact) mass is 395 g/mol. The quantitative estimate of drug-likeness (QED) is 0.725. The Kier molecular flexibility index (Phi) is 4.84. The van der Waals surface area contributed by atoms with Gasteiger partial charge in [0, 0.05) is 19.2 Å². The highest BCUT2D eigenvalue weighted by molar-refractivity contribution is 5.97. The second kappa shape index (κ2) is 7.46. The number of aromatic nitrogens is 2. The Balaban J connectivity index is 1.54. The van der Waals surface area contributed by atoms with Crippen molar-refractivity contribution in [2.75, 3.05) is 20.2 Å². The molecule has 29 heavy (non-hydrogen) atoms. The fraction of sp³-hybridized carbons (Fsp3) is 0.286. The maximum atomic E-state index is 12.9. The summed E-state index contributed by atoms with van der Waals surface area (Å²) >= 11 is 0. The zero-order valence-corrected chi connectivity index (χ0v) is 16.2. The van der Waals surface area contributed by atoms with Gasteiger partial charge in [0.15, 0.2) is 17.6 Å². The first-order valence-electron chi connectivity index (χ1n) is 9.38. The summed E-state index contributed by atoms with van der Waals surface area (Å²) in [5.74, 6) is 1.10. The molecule has 0 saturated carbocycles. The maximum absolute atomic E-state index is 12.9. The summed E-state index contributed by atoms with van der Waals surface area (Å²) in [7, 11) is 1.67. The lowest BCUT2D eigenvalue weighted by Gasteiger charge is -2.29. The van der Waals surface area contributed by atoms with E-state index in [4.69, 9.17) is 9.47 Å². The van der Waals surface area contributed by atoms with Gasteiger partial charge in [0.1, 0.15) is 6.61 Å². The number of ether oxygens (including phenoxy) is 2. The molecule has 8 nitrogen and oxygen atoms in total. The van der Waals surface area contributed by atoms with Crippen LogP contribution >= 0.6 is 0 Å². The van der Waals surface area contributed by atoms with E-state index in [9.17, 15) is 14.4 Å². The third-order valence-electron chi connectivity index (χ3n) is 4.94. The predicted octanol–water partition coefficient (Wildman–Crippen LogP) is 1.62. The molecule has 0 radical (unpaired) electrons. The smallest absolute Gasteiger partial charge is 0.328 e. The molecule has 0 spiro atoms. The number of nitrogens with zero attached hydrogens (tertiary/aromatic N) is 2. The summed E-state index contributed by atoms with van der Waals surface area (Å²) in [6.07, 6.45) is -0.295. The van der Waals surface area contributed by atoms with Crippen molar-refractivity contribution >= 4 is 16.8 Å². The van der Waals surface area contributed by atoms with Gasteiger partial charge >= 0.3 is 5.69 Å². The number of carbonyl (C=O) groups excluding carboxylic acids is 1. The molecule has 4 rings (SSSR count). The molecule has 3 aromatic rings. The third kappa shape index (κ3) is 3.49. The number of para-hydroxylation sites is 2. The van der Waals surface area contributed by atoms with Crippen molar-refractivity contribution in [2.45, 2.75) is 19.6 Å². The highest BCUT2D eigenvalue weighted by Crippen LogP contribution is 2.31. The van der Waals surface area contributed by atoms with Crippen LogP contribution < -0.4 is 20.7 Å². The number of nitrogens with one attached hydrogen (secondary N) is 1. The minimum Gasteiger partial charge on any atom is -0.486 e. The molecular weight excluding hydrogens is 374 g/mol. The van der Waals surface area contributed by atoms with Gasteiger partial charge in [-0.25, -0.2) is 4.79 Å². The first kappa shape index (κ1) is 18.8. The molecule has 1 amide bonds. The summed E-state index contributed by atoms with van der Waals surface area (Å²) in [5.41, 5.74) is -0.143. The van der Waals surface area contributed by atoms with Crippen molar-refractivity contribution in [1.82, 2.24) is 14.5 Å². The van der Waals surface area contributed by atoms with Crippen LogP contribution in [0.1, 0.15) is 17.3 Å². The molecule has 2 aromatic carbocycles. The fourth-order valence-corrected chi connectivity index (χ4v) is 3.44. The van der Waals surface area contributed by atoms with Gasteiger partial charge in [0.05, 0.1) is 17.4 Å². The van der Waals surface area contributed by atoms with E-state index < -0.39 is 5.69 Å². The van der Waals surface area contributed by atoms with E-state index in [1.54, 1.807) is 26.1 Å². The second-order valence-corrected chi connectivity index (χ2v) is 6.92. The van der Waals surface area contributed by atoms with Crippen LogP contribution in [0.25, 0.3) is 10.9 Å². The van der Waals surface area contributed by atoms with Crippen molar-refractivity contribution < 1.29 is 14.3 Å². The minimum absolute atomic E-state index is 0.241. The average Bonchev–Trinajstić information content (AvgIpc) is 2.73. The Labute approximate surface area is 166 Å². The van der Waals surface area contributed by atoms with E-state index in [2.05, 4.69) is 4.98 Å². The number of H-pyrrole nitrogens is 1. The Morgan fingerprint density at radius 3 is 2.72 bits per heavy atom. The number of hydrogen-bond donors (Lipinski definition) is 1. The molecule has 0 fully saturated rings. The largest absolute Gasteiger partial charge is 0.486 e. The van der Waals surface area contributed by atoms with Gasteiger partial charge in [-0.3, -0.25) is 14.2 Å². The van der Waals surface area contributed by atoms with Crippen molar-refractivity contribution in [3.8, 4) is 11.5 Å². The molecule has 1 N–H and O–H groups in total. The highest BCUT2D eigenvalue weighted by Gasteiger charge is 2.24. The van der Waals surface area contributed by atoms with E-state index in [1.165, 1.54) is 11.0 Å². The standard InChI is InChI=1S/C21H21N3O5/c1-3-24-20(26)15-9-8-13(10-16(15)22-21(24)27)19(25)23(2)11-14-12-28-17-6-4-5-7-18(17)29-14/h4-10,14H,3,11-12H2,1-2H3,(H,22,27). The topological polar surface area (TPSA) is 93.6 Å². The van der Waals surface area contributed by atoms with Crippen LogP contribution in [-0.4, -0.2) is 46.7 Å². The second-order valence-electron chi connectivity index (χ2n) is 6.92. The molecule has 1 atom stereocenters. The maximum Gasteiger partial charge on any atom is 0.328 e. The van der Waals surface area contributed by atoms with Gasteiger partial charge in [-0.05, 0) is 37.3 Å². The van der Waals surface area contributed by atoms with E-state index in [-0.39, 0.29) is 24.1 Å². The van der Waals surface area contributed by atoms with Gasteiger partial charge in [0.2, 0.25) is 0 Å². The van der Waals surface area contributed by atoms with E-state index >= 15 is 0 Å². The first-order valence-corrected chi connectivity index (χ1v) is 9.38. The number of fused-ring (bicyclic) bond motifs is 2. The van der Waals surface area contributed by atoms with Crippen LogP contribution in [0.4, 0.5) is 0 Å². The summed E-state index contributed by atoms with van der Waals surface area (Å²) < 4.78 is 12.7. The molecule has 1 unspecified atom stereocenters. The van der Waals surface area contributed by atoms with Crippen LogP contribution in [0.15, 0.2) is 52.1 Å². The molecule has 8 heteroatoms. The number of benzene rings is 2. The molecule has 2 heterocycles. The summed E-state index contributed by atoms with van der Waals surface area (Å²) in [4.78, 5) is 41.5. The van der Waals surface area contributed by atoms with Crippen molar-refractivity contribution in [3.63, 3.8) is 0 Å². The zero-order valence-electron chi connectivity index (χ0n) is 16.2. The summed E-state index contributed by atoms with van der Waals surface area (Å²) in [5, 5.41) is 0.367. The number of hydrogen-bond acceptors (Lipinski definition) is 5. The van der Waals surface area contributed by atoms with Crippen molar-refractivity contribution in [1.29, 1.82) is 0 Å². The van der Waals surface area contributed by atoms with Crippen LogP contribution in [0.3, 0.4) is 0 Å². The molecule has 0 saturated heterocycles. The van der Waals surface area contributed by atoms with Gasteiger partial charge in [-0.1, -0.05) is 12.1 Å². The highest BCUT2D eigenvalue weighted by atomic mass is 16.6. The number of aromatic amines is 1. The van der Waals surface area contributed by atoms with Crippen molar-refractivity contribution in [2.24, 2.45) is 0 Å². The lowest BCUT2D eigenvalue weighted by atomic mass is 10.1. The zero-order chi connectivity index (χ0) is 20.5. The molecule has 0 bridgehead atoms. The van der Waals surface area contributed by atoms with E-state index in [0.717, 1.165) is 4.57 Å². The average molecular weight is 395 g/mol. The normalized spacial score (nSPS) is 15.3. The van der Waals surface area contributed by atoms with Crippen molar-refractivity contribution in [3.05, 3.63) is 68.9 Å². The van der Waals surface area contributed by atoms with Gasteiger partial charge < -0.3 is 19.4 Å². The Bertz CT molecular complexity index is 1200. The van der Waals surface area contributed by atoms with Gasteiger partial charge in [0.25, 0.3) is 11.5 Å². The third-order valence-corrected chi connectivity index (χ3v) is 4.94. The molecule has 1 aromatic heterocycles. The summed E-state index contributed by atoms with van der Waals surface area (Å²) in [6, 6.07) is 12.1. The molecular formula is C21H21N3O5. The lowest BCUT2D eigenvalue weighted by Crippen LogP contribution is -2.41. The summed E-state index contributed by atoms with van der Waals surface area (Å²) in [6.45, 7) is 2.68. The Morgan fingerprint density at radius 2 is 1.97 bits per heavy atom. The first-order chi connectivity index (χ1) is 14.0. The van der Waals surface area contributed by atoms with E-state index in [1.807, 2.05) is 24.3 Å². The fourth-order valence-electron chi connectivity index (χ4n) is 3.44. The van der Waals surface area contributed by atoms with Crippen LogP contribution in [-0.2, 0) is 6.54 Å². The number of amides is 1. The van der Waals surface area contributed by atoms with E-state index in [0.29, 0.717) is 41.1 Å². The molecule has 150 valence electrons. The number of rotatable bonds is 4. The number of carbonyl (C=O) groups is 1. The Morgan fingerprint density at radius 1 is 1.21 bits per heavy atom. The molecule has 1 aliphatic rings. The van der Waals surface area contributed by atoms with Crippen LogP contribution in [0.2, 0.25) is 0 Å². The SMILES string of the molecule is CCn1c(=O)[nH]c2cc(C(=O)N(C)CC3COc4ccccc4O3)ccc2c1=O. The lowest BCUT2D eigenvalue weighted by molar-refractivity contribution is 0.0521.